The van der Waals surface area contributed by atoms with Crippen LogP contribution in [0.1, 0.15) is 18.5 Å². The third-order valence-corrected chi connectivity index (χ3v) is 2.90. The Labute approximate surface area is 107 Å². The van der Waals surface area contributed by atoms with Gasteiger partial charge in [-0.15, -0.1) is 24.8 Å². The van der Waals surface area contributed by atoms with Gasteiger partial charge in [0.25, 0.3) is 0 Å². The van der Waals surface area contributed by atoms with Crippen molar-refractivity contribution < 1.29 is 0 Å². The molecule has 2 nitrogen and oxygen atoms in total. The number of halogens is 2. The van der Waals surface area contributed by atoms with Gasteiger partial charge in [-0.05, 0) is 25.0 Å². The smallest absolute Gasteiger partial charge is 0.0706 e. The summed E-state index contributed by atoms with van der Waals surface area (Å²) in [5.74, 6) is 0. The number of hydrogen-bond donors (Lipinski definition) is 1. The van der Waals surface area contributed by atoms with Crippen LogP contribution >= 0.6 is 24.8 Å². The first kappa shape index (κ1) is 13.2. The van der Waals surface area contributed by atoms with Gasteiger partial charge in [0.15, 0.2) is 0 Å². The number of benzene rings is 1. The molecule has 0 radical (unpaired) electrons. The molecular weight excluding hydrogens is 243 g/mol. The van der Waals surface area contributed by atoms with E-state index in [9.17, 15) is 0 Å². The van der Waals surface area contributed by atoms with Crippen LogP contribution in [0.25, 0.3) is 10.9 Å². The van der Waals surface area contributed by atoms with Gasteiger partial charge in [0.1, 0.15) is 0 Å². The Morgan fingerprint density at radius 1 is 1.00 bits per heavy atom. The van der Waals surface area contributed by atoms with Crippen LogP contribution in [0.5, 0.6) is 0 Å². The molecule has 1 aromatic heterocycles. The predicted octanol–water partition coefficient (Wildman–Crippen LogP) is 3.03. The molecule has 0 spiro atoms. The lowest BCUT2D eigenvalue weighted by Gasteiger charge is -2.08. The topological polar surface area (TPSA) is 38.9 Å². The van der Waals surface area contributed by atoms with Crippen molar-refractivity contribution >= 4 is 35.7 Å². The Bertz CT molecular complexity index is 495. The Morgan fingerprint density at radius 3 is 2.38 bits per heavy atom. The first-order chi connectivity index (χ1) is 6.78. The third-order valence-electron chi connectivity index (χ3n) is 2.90. The summed E-state index contributed by atoms with van der Waals surface area (Å²) < 4.78 is 0. The van der Waals surface area contributed by atoms with E-state index in [4.69, 9.17) is 5.73 Å². The Balaban J connectivity index is 0.000000640. The van der Waals surface area contributed by atoms with Crippen LogP contribution in [0, 0.1) is 0 Å². The van der Waals surface area contributed by atoms with Crippen molar-refractivity contribution in [2.24, 2.45) is 5.73 Å². The largest absolute Gasteiger partial charge is 0.320 e. The van der Waals surface area contributed by atoms with E-state index >= 15 is 0 Å². The lowest BCUT2D eigenvalue weighted by atomic mass is 10.1. The number of nitrogens with zero attached hydrogens (tertiary/aromatic N) is 1. The first-order valence-corrected chi connectivity index (χ1v) is 4.93. The molecule has 0 atom stereocenters. The zero-order valence-corrected chi connectivity index (χ0v) is 10.4. The molecule has 1 heterocycles. The van der Waals surface area contributed by atoms with Gasteiger partial charge in [-0.1, -0.05) is 24.3 Å². The molecule has 86 valence electrons. The molecule has 0 amide bonds. The number of nitrogens with two attached hydrogens (primary N) is 1. The van der Waals surface area contributed by atoms with Crippen LogP contribution in [-0.2, 0) is 5.54 Å². The summed E-state index contributed by atoms with van der Waals surface area (Å²) in [6.45, 7) is 0. The number of para-hydroxylation sites is 1. The molecule has 16 heavy (non-hydrogen) atoms. The summed E-state index contributed by atoms with van der Waals surface area (Å²) in [7, 11) is 0. The van der Waals surface area contributed by atoms with Crippen molar-refractivity contribution in [2.75, 3.05) is 0 Å². The Kier molecular flexibility index (Phi) is 3.79. The van der Waals surface area contributed by atoms with Crippen molar-refractivity contribution in [2.45, 2.75) is 18.4 Å². The van der Waals surface area contributed by atoms with E-state index in [1.807, 2.05) is 18.2 Å². The van der Waals surface area contributed by atoms with Gasteiger partial charge in [-0.3, -0.25) is 4.98 Å². The molecule has 2 N–H and O–H groups in total. The molecule has 1 aromatic carbocycles. The second-order valence-corrected chi connectivity index (χ2v) is 4.05. The Morgan fingerprint density at radius 2 is 1.69 bits per heavy atom. The molecule has 3 rings (SSSR count). The van der Waals surface area contributed by atoms with E-state index < -0.39 is 0 Å². The second kappa shape index (κ2) is 4.58. The molecule has 4 heteroatoms. The average molecular weight is 257 g/mol. The number of rotatable bonds is 1. The average Bonchev–Trinajstić information content (AvgIpc) is 2.97. The summed E-state index contributed by atoms with van der Waals surface area (Å²) >= 11 is 0. The highest BCUT2D eigenvalue weighted by molar-refractivity contribution is 5.85. The van der Waals surface area contributed by atoms with Crippen molar-refractivity contribution in [3.63, 3.8) is 0 Å². The van der Waals surface area contributed by atoms with Gasteiger partial charge < -0.3 is 5.73 Å². The highest BCUT2D eigenvalue weighted by Gasteiger charge is 2.41. The fraction of sp³-hybridized carbons (Fsp3) is 0.250. The van der Waals surface area contributed by atoms with E-state index in [0.29, 0.717) is 0 Å². The maximum atomic E-state index is 6.10. The van der Waals surface area contributed by atoms with Gasteiger partial charge in [0, 0.05) is 5.39 Å². The van der Waals surface area contributed by atoms with E-state index in [1.54, 1.807) is 0 Å². The van der Waals surface area contributed by atoms with Crippen LogP contribution in [0.4, 0.5) is 0 Å². The summed E-state index contributed by atoms with van der Waals surface area (Å²) in [6.07, 6.45) is 2.14. The molecule has 0 bridgehead atoms. The fourth-order valence-corrected chi connectivity index (χ4v) is 1.73. The van der Waals surface area contributed by atoms with Crippen molar-refractivity contribution in [3.8, 4) is 0 Å². The zero-order valence-electron chi connectivity index (χ0n) is 8.72. The van der Waals surface area contributed by atoms with E-state index in [1.165, 1.54) is 5.39 Å². The summed E-state index contributed by atoms with van der Waals surface area (Å²) in [5.41, 5.74) is 8.06. The molecule has 1 fully saturated rings. The van der Waals surface area contributed by atoms with Crippen molar-refractivity contribution in [3.05, 3.63) is 42.1 Å². The maximum Gasteiger partial charge on any atom is 0.0706 e. The van der Waals surface area contributed by atoms with Gasteiger partial charge in [-0.25, -0.2) is 0 Å². The number of fused-ring (bicyclic) bond motifs is 1. The quantitative estimate of drug-likeness (QED) is 0.852. The third kappa shape index (κ3) is 2.14. The van der Waals surface area contributed by atoms with Crippen LogP contribution in [-0.4, -0.2) is 4.98 Å². The van der Waals surface area contributed by atoms with Gasteiger partial charge in [0.2, 0.25) is 0 Å². The number of aromatic nitrogens is 1. The summed E-state index contributed by atoms with van der Waals surface area (Å²) in [4.78, 5) is 4.58. The summed E-state index contributed by atoms with van der Waals surface area (Å²) in [5, 5.41) is 1.18. The normalized spacial score (nSPS) is 16.1. The molecular formula is C12H14Cl2N2. The minimum Gasteiger partial charge on any atom is -0.320 e. The maximum absolute atomic E-state index is 6.10. The van der Waals surface area contributed by atoms with Crippen LogP contribution in [0.2, 0.25) is 0 Å². The minimum absolute atomic E-state index is 0. The first-order valence-electron chi connectivity index (χ1n) is 4.93. The van der Waals surface area contributed by atoms with Gasteiger partial charge >= 0.3 is 0 Å². The van der Waals surface area contributed by atoms with E-state index in [0.717, 1.165) is 24.1 Å². The molecule has 0 unspecified atom stereocenters. The highest BCUT2D eigenvalue weighted by Crippen LogP contribution is 2.41. The predicted molar refractivity (Wildman–Crippen MR) is 71.3 cm³/mol. The van der Waals surface area contributed by atoms with Crippen LogP contribution in [0.15, 0.2) is 36.4 Å². The Hall–Kier alpha value is -0.830. The highest BCUT2D eigenvalue weighted by atomic mass is 35.5. The van der Waals surface area contributed by atoms with E-state index in [2.05, 4.69) is 23.2 Å². The van der Waals surface area contributed by atoms with Crippen molar-refractivity contribution in [1.29, 1.82) is 0 Å². The lowest BCUT2D eigenvalue weighted by Crippen LogP contribution is -2.20. The van der Waals surface area contributed by atoms with Crippen LogP contribution in [0.3, 0.4) is 0 Å². The molecule has 2 aromatic rings. The minimum atomic E-state index is -0.121. The summed E-state index contributed by atoms with van der Waals surface area (Å²) in [6, 6.07) is 12.3. The molecule has 1 saturated carbocycles. The standard InChI is InChI=1S/C12H12N2.2ClH/c13-12(7-8-12)11-6-5-9-3-1-2-4-10(9)14-11;;/h1-6H,7-8,13H2;2*1H. The van der Waals surface area contributed by atoms with Crippen molar-refractivity contribution in [1.82, 2.24) is 4.98 Å². The molecule has 0 saturated heterocycles. The zero-order chi connectivity index (χ0) is 9.60. The molecule has 0 aliphatic heterocycles. The number of pyridine rings is 1. The second-order valence-electron chi connectivity index (χ2n) is 4.05. The monoisotopic (exact) mass is 256 g/mol. The number of hydrogen-bond acceptors (Lipinski definition) is 2. The van der Waals surface area contributed by atoms with Gasteiger partial charge in [-0.2, -0.15) is 0 Å². The van der Waals surface area contributed by atoms with E-state index in [-0.39, 0.29) is 30.4 Å². The SMILES string of the molecule is Cl.Cl.NC1(c2ccc3ccccc3n2)CC1. The molecule has 1 aliphatic rings. The molecule has 1 aliphatic carbocycles. The fourth-order valence-electron chi connectivity index (χ4n) is 1.73. The lowest BCUT2D eigenvalue weighted by molar-refractivity contribution is 0.712. The van der Waals surface area contributed by atoms with Crippen LogP contribution < -0.4 is 5.73 Å². The van der Waals surface area contributed by atoms with Gasteiger partial charge in [0.05, 0.1) is 16.7 Å².